The van der Waals surface area contributed by atoms with Crippen LogP contribution in [-0.2, 0) is 11.0 Å². The Morgan fingerprint density at radius 2 is 1.60 bits per heavy atom. The van der Waals surface area contributed by atoms with Gasteiger partial charge in [0.05, 0.1) is 17.7 Å². The molecule has 0 saturated carbocycles. The summed E-state index contributed by atoms with van der Waals surface area (Å²) in [6.07, 6.45) is 4.38. The monoisotopic (exact) mass is 556 g/mol. The predicted octanol–water partition coefficient (Wildman–Crippen LogP) is 7.84. The molecule has 0 aliphatic heterocycles. The third-order valence-corrected chi connectivity index (χ3v) is 6.51. The Morgan fingerprint density at radius 3 is 2.20 bits per heavy atom. The number of benzene rings is 2. The van der Waals surface area contributed by atoms with Gasteiger partial charge in [-0.05, 0) is 55.3 Å². The molecule has 1 atom stereocenters. The average Bonchev–Trinajstić information content (AvgIpc) is 2.94. The number of nitrogens with zero attached hydrogens (tertiary/aromatic N) is 1. The summed E-state index contributed by atoms with van der Waals surface area (Å²) in [7, 11) is 0. The summed E-state index contributed by atoms with van der Waals surface area (Å²) >= 11 is 0. The number of aliphatic carboxylic acids is 1. The Bertz CT molecular complexity index is 1210. The molecule has 3 rings (SSSR count). The number of pyridine rings is 1. The predicted molar refractivity (Wildman–Crippen MR) is 147 cm³/mol. The molecule has 214 valence electrons. The summed E-state index contributed by atoms with van der Waals surface area (Å²) in [5.41, 5.74) is 1.69. The van der Waals surface area contributed by atoms with Crippen molar-refractivity contribution in [2.45, 2.75) is 70.6 Å². The van der Waals surface area contributed by atoms with Crippen LogP contribution in [0.5, 0.6) is 5.75 Å². The minimum atomic E-state index is -4.39. The van der Waals surface area contributed by atoms with Crippen LogP contribution in [0, 0.1) is 0 Å². The number of ether oxygens (including phenoxy) is 1. The van der Waals surface area contributed by atoms with E-state index >= 15 is 0 Å². The first-order valence-corrected chi connectivity index (χ1v) is 13.6. The largest absolute Gasteiger partial charge is 0.486 e. The Kier molecular flexibility index (Phi) is 11.5. The maximum Gasteiger partial charge on any atom is 0.416 e. The van der Waals surface area contributed by atoms with E-state index in [2.05, 4.69) is 17.2 Å². The highest BCUT2D eigenvalue weighted by atomic mass is 19.4. The van der Waals surface area contributed by atoms with Crippen molar-refractivity contribution in [3.8, 4) is 17.0 Å². The van der Waals surface area contributed by atoms with Gasteiger partial charge in [-0.3, -0.25) is 14.6 Å². The van der Waals surface area contributed by atoms with Gasteiger partial charge in [-0.2, -0.15) is 13.2 Å². The molecule has 6 nitrogen and oxygen atoms in total. The molecular formula is C31H35F3N2O4. The molecule has 0 saturated heterocycles. The van der Waals surface area contributed by atoms with Crippen molar-refractivity contribution in [3.63, 3.8) is 0 Å². The van der Waals surface area contributed by atoms with Crippen molar-refractivity contribution in [1.82, 2.24) is 10.3 Å². The van der Waals surface area contributed by atoms with E-state index < -0.39 is 17.7 Å². The zero-order valence-electron chi connectivity index (χ0n) is 22.5. The molecule has 0 spiro atoms. The Balaban J connectivity index is 1.70. The minimum absolute atomic E-state index is 0.0439. The summed E-state index contributed by atoms with van der Waals surface area (Å²) in [5, 5.41) is 11.3. The lowest BCUT2D eigenvalue weighted by Gasteiger charge is -2.20. The van der Waals surface area contributed by atoms with Gasteiger partial charge in [-0.25, -0.2) is 0 Å². The van der Waals surface area contributed by atoms with Gasteiger partial charge in [0.1, 0.15) is 11.9 Å². The van der Waals surface area contributed by atoms with E-state index in [0.717, 1.165) is 43.4 Å². The second kappa shape index (κ2) is 15.1. The van der Waals surface area contributed by atoms with E-state index in [0.29, 0.717) is 22.6 Å². The molecule has 2 N–H and O–H groups in total. The number of alkyl halides is 3. The Labute approximate surface area is 232 Å². The Hall–Kier alpha value is -3.88. The lowest BCUT2D eigenvalue weighted by Crippen LogP contribution is -2.25. The maximum atomic E-state index is 12.9. The highest BCUT2D eigenvalue weighted by molar-refractivity contribution is 5.94. The molecule has 1 heterocycles. The van der Waals surface area contributed by atoms with Crippen LogP contribution in [0.15, 0.2) is 66.9 Å². The molecule has 1 amide bonds. The first kappa shape index (κ1) is 30.7. The summed E-state index contributed by atoms with van der Waals surface area (Å²) < 4.78 is 45.0. The van der Waals surface area contributed by atoms with Gasteiger partial charge in [-0.1, -0.05) is 57.2 Å². The number of carbonyl (C=O) groups is 2. The van der Waals surface area contributed by atoms with Crippen molar-refractivity contribution in [2.75, 3.05) is 6.54 Å². The third-order valence-electron chi connectivity index (χ3n) is 6.51. The maximum absolute atomic E-state index is 12.9. The van der Waals surface area contributed by atoms with E-state index in [1.54, 1.807) is 36.5 Å². The molecule has 3 aromatic rings. The van der Waals surface area contributed by atoms with Crippen LogP contribution in [0.4, 0.5) is 13.2 Å². The number of carboxylic acids is 1. The quantitative estimate of drug-likeness (QED) is 0.186. The molecule has 0 fully saturated rings. The van der Waals surface area contributed by atoms with Gasteiger partial charge in [0.15, 0.2) is 0 Å². The number of unbranched alkanes of at least 4 members (excludes halogenated alkanes) is 5. The number of aromatic nitrogens is 1. The van der Waals surface area contributed by atoms with E-state index in [1.807, 2.05) is 6.07 Å². The number of hydrogen-bond donors (Lipinski definition) is 2. The number of carboxylic acid groups (broad SMARTS) is 1. The van der Waals surface area contributed by atoms with E-state index in [1.165, 1.54) is 31.4 Å². The topological polar surface area (TPSA) is 88.5 Å². The molecule has 1 aromatic heterocycles. The van der Waals surface area contributed by atoms with Crippen molar-refractivity contribution in [2.24, 2.45) is 0 Å². The van der Waals surface area contributed by atoms with E-state index in [-0.39, 0.29) is 25.0 Å². The number of nitrogens with one attached hydrogen (secondary N) is 1. The van der Waals surface area contributed by atoms with Crippen LogP contribution in [-0.4, -0.2) is 28.5 Å². The van der Waals surface area contributed by atoms with Crippen molar-refractivity contribution >= 4 is 11.9 Å². The van der Waals surface area contributed by atoms with Crippen LogP contribution in [0.3, 0.4) is 0 Å². The number of hydrogen-bond acceptors (Lipinski definition) is 4. The first-order valence-electron chi connectivity index (χ1n) is 13.6. The second-order valence-corrected chi connectivity index (χ2v) is 9.64. The fraction of sp³-hybridized carbons (Fsp3) is 0.387. The molecule has 0 aliphatic rings. The number of rotatable bonds is 15. The van der Waals surface area contributed by atoms with Crippen LogP contribution in [0.1, 0.15) is 85.9 Å². The van der Waals surface area contributed by atoms with E-state index in [9.17, 15) is 22.8 Å². The lowest BCUT2D eigenvalue weighted by molar-refractivity contribution is -0.138. The second-order valence-electron chi connectivity index (χ2n) is 9.64. The summed E-state index contributed by atoms with van der Waals surface area (Å²) in [4.78, 5) is 27.4. The molecule has 9 heteroatoms. The minimum Gasteiger partial charge on any atom is -0.486 e. The number of amides is 1. The van der Waals surface area contributed by atoms with Crippen molar-refractivity contribution in [3.05, 3.63) is 83.6 Å². The van der Waals surface area contributed by atoms with Crippen LogP contribution in [0.2, 0.25) is 0 Å². The van der Waals surface area contributed by atoms with Gasteiger partial charge in [0.25, 0.3) is 5.91 Å². The smallest absolute Gasteiger partial charge is 0.416 e. The van der Waals surface area contributed by atoms with Gasteiger partial charge < -0.3 is 15.2 Å². The van der Waals surface area contributed by atoms with Gasteiger partial charge >= 0.3 is 12.1 Å². The highest BCUT2D eigenvalue weighted by Crippen LogP contribution is 2.32. The standard InChI is InChI=1S/C31H35F3N2O4/c1-2-3-4-5-6-7-8-28(40-26-16-11-23(12-17-26)30(39)35-20-19-29(37)38)24-13-18-27(36-21-24)22-9-14-25(15-10-22)31(32,33)34/h9-18,21,28H,2-8,19-20H2,1H3,(H,35,39)(H,37,38)/t28-/m1/s1. The molecule has 2 aromatic carbocycles. The molecule has 0 unspecified atom stereocenters. The number of halogens is 3. The zero-order valence-corrected chi connectivity index (χ0v) is 22.5. The normalized spacial score (nSPS) is 12.1. The molecule has 0 radical (unpaired) electrons. The van der Waals surface area contributed by atoms with Gasteiger partial charge in [0, 0.05) is 29.4 Å². The number of carbonyl (C=O) groups excluding carboxylic acids is 1. The summed E-state index contributed by atoms with van der Waals surface area (Å²) in [6, 6.07) is 15.2. The van der Waals surface area contributed by atoms with Crippen molar-refractivity contribution < 1.29 is 32.6 Å². The zero-order chi connectivity index (χ0) is 29.0. The lowest BCUT2D eigenvalue weighted by atomic mass is 10.0. The van der Waals surface area contributed by atoms with E-state index in [4.69, 9.17) is 9.84 Å². The third kappa shape index (κ3) is 9.70. The van der Waals surface area contributed by atoms with Crippen LogP contribution >= 0.6 is 0 Å². The highest BCUT2D eigenvalue weighted by Gasteiger charge is 2.30. The summed E-state index contributed by atoms with van der Waals surface area (Å²) in [6.45, 7) is 2.22. The van der Waals surface area contributed by atoms with Crippen LogP contribution < -0.4 is 10.1 Å². The SMILES string of the molecule is CCCCCCCC[C@@H](Oc1ccc(C(=O)NCCC(=O)O)cc1)c1ccc(-c2ccc(C(F)(F)F)cc2)nc1. The first-order chi connectivity index (χ1) is 19.2. The average molecular weight is 557 g/mol. The van der Waals surface area contributed by atoms with Gasteiger partial charge in [0.2, 0.25) is 0 Å². The van der Waals surface area contributed by atoms with Crippen molar-refractivity contribution in [1.29, 1.82) is 0 Å². The molecule has 40 heavy (non-hydrogen) atoms. The fourth-order valence-corrected chi connectivity index (χ4v) is 4.23. The molecule has 0 aliphatic carbocycles. The van der Waals surface area contributed by atoms with Crippen LogP contribution in [0.25, 0.3) is 11.3 Å². The molecular weight excluding hydrogens is 521 g/mol. The summed E-state index contributed by atoms with van der Waals surface area (Å²) in [5.74, 6) is -0.772. The molecule has 0 bridgehead atoms. The Morgan fingerprint density at radius 1 is 0.925 bits per heavy atom. The van der Waals surface area contributed by atoms with Gasteiger partial charge in [-0.15, -0.1) is 0 Å². The fourth-order valence-electron chi connectivity index (χ4n) is 4.23.